The maximum atomic E-state index is 12.7. The van der Waals surface area contributed by atoms with Crippen molar-refractivity contribution >= 4 is 11.6 Å². The van der Waals surface area contributed by atoms with E-state index in [-0.39, 0.29) is 16.8 Å². The summed E-state index contributed by atoms with van der Waals surface area (Å²) < 4.78 is 1.27. The Morgan fingerprint density at radius 1 is 1.24 bits per heavy atom. The van der Waals surface area contributed by atoms with Gasteiger partial charge in [-0.15, -0.1) is 0 Å². The fourth-order valence-electron chi connectivity index (χ4n) is 2.41. The third-order valence-corrected chi connectivity index (χ3v) is 3.85. The van der Waals surface area contributed by atoms with Crippen LogP contribution in [0.2, 0.25) is 5.15 Å². The van der Waals surface area contributed by atoms with Crippen molar-refractivity contribution in [2.24, 2.45) is 0 Å². The molecule has 0 radical (unpaired) electrons. The molecule has 1 atom stereocenters. The monoisotopic (exact) mass is 306 g/mol. The Hall–Kier alpha value is -1.81. The van der Waals surface area contributed by atoms with Gasteiger partial charge in [0.05, 0.1) is 5.56 Å². The normalized spacial score (nSPS) is 12.3. The van der Waals surface area contributed by atoms with E-state index in [4.69, 9.17) is 11.6 Å². The van der Waals surface area contributed by atoms with Gasteiger partial charge < -0.3 is 0 Å². The Balaban J connectivity index is 2.59. The molecule has 0 aliphatic carbocycles. The fraction of sp³-hybridized carbons (Fsp3) is 0.375. The Kier molecular flexibility index (Phi) is 5.02. The predicted molar refractivity (Wildman–Crippen MR) is 86.0 cm³/mol. The van der Waals surface area contributed by atoms with Crippen LogP contribution in [0, 0.1) is 0 Å². The van der Waals surface area contributed by atoms with E-state index < -0.39 is 5.69 Å². The number of halogens is 1. The third kappa shape index (κ3) is 3.27. The number of hydrogen-bond acceptors (Lipinski definition) is 2. The van der Waals surface area contributed by atoms with Crippen LogP contribution in [-0.2, 0) is 0 Å². The Morgan fingerprint density at radius 3 is 2.52 bits per heavy atom. The number of H-pyrrole nitrogens is 1. The molecule has 5 heteroatoms. The highest BCUT2D eigenvalue weighted by atomic mass is 35.5. The zero-order chi connectivity index (χ0) is 15.4. The molecule has 0 spiro atoms. The van der Waals surface area contributed by atoms with Crippen molar-refractivity contribution in [1.29, 1.82) is 0 Å². The number of aromatic amines is 1. The Bertz CT molecular complexity index is 719. The lowest BCUT2D eigenvalue weighted by Gasteiger charge is -2.15. The van der Waals surface area contributed by atoms with Gasteiger partial charge in [-0.1, -0.05) is 61.7 Å². The minimum absolute atomic E-state index is 0.0927. The van der Waals surface area contributed by atoms with Crippen LogP contribution in [0.4, 0.5) is 0 Å². The lowest BCUT2D eigenvalue weighted by Crippen LogP contribution is -2.38. The van der Waals surface area contributed by atoms with E-state index >= 15 is 0 Å². The van der Waals surface area contributed by atoms with E-state index in [1.807, 2.05) is 37.3 Å². The SMILES string of the molecule is CCCCC(C)n1c(=O)[nH]c(Cl)c(-c2ccccc2)c1=O. The van der Waals surface area contributed by atoms with Gasteiger partial charge in [0.1, 0.15) is 5.15 Å². The number of nitrogens with one attached hydrogen (secondary N) is 1. The third-order valence-electron chi connectivity index (χ3n) is 3.57. The molecule has 1 aromatic carbocycles. The van der Waals surface area contributed by atoms with Gasteiger partial charge in [-0.25, -0.2) is 4.79 Å². The summed E-state index contributed by atoms with van der Waals surface area (Å²) in [7, 11) is 0. The topological polar surface area (TPSA) is 54.9 Å². The largest absolute Gasteiger partial charge is 0.329 e. The highest BCUT2D eigenvalue weighted by molar-refractivity contribution is 6.32. The van der Waals surface area contributed by atoms with Crippen molar-refractivity contribution in [2.75, 3.05) is 0 Å². The van der Waals surface area contributed by atoms with Crippen molar-refractivity contribution in [3.63, 3.8) is 0 Å². The molecule has 1 unspecified atom stereocenters. The molecule has 1 aromatic heterocycles. The number of aromatic nitrogens is 2. The summed E-state index contributed by atoms with van der Waals surface area (Å²) in [6.45, 7) is 3.96. The van der Waals surface area contributed by atoms with Gasteiger partial charge in [0.2, 0.25) is 0 Å². The summed E-state index contributed by atoms with van der Waals surface area (Å²) in [4.78, 5) is 27.3. The van der Waals surface area contributed by atoms with E-state index in [0.29, 0.717) is 11.1 Å². The van der Waals surface area contributed by atoms with Gasteiger partial charge in [0, 0.05) is 6.04 Å². The summed E-state index contributed by atoms with van der Waals surface area (Å²) in [5, 5.41) is 0.0927. The molecule has 2 aromatic rings. The molecule has 0 fully saturated rings. The number of rotatable bonds is 5. The minimum Gasteiger partial charge on any atom is -0.297 e. The van der Waals surface area contributed by atoms with E-state index in [2.05, 4.69) is 11.9 Å². The molecule has 0 aliphatic rings. The second kappa shape index (κ2) is 6.76. The van der Waals surface area contributed by atoms with Gasteiger partial charge in [-0.05, 0) is 18.9 Å². The average molecular weight is 307 g/mol. The van der Waals surface area contributed by atoms with Gasteiger partial charge in [-0.3, -0.25) is 14.3 Å². The highest BCUT2D eigenvalue weighted by Gasteiger charge is 2.17. The first-order valence-electron chi connectivity index (χ1n) is 7.16. The maximum absolute atomic E-state index is 12.7. The van der Waals surface area contributed by atoms with Gasteiger partial charge in [0.25, 0.3) is 5.56 Å². The van der Waals surface area contributed by atoms with Crippen LogP contribution >= 0.6 is 11.6 Å². The van der Waals surface area contributed by atoms with Crippen molar-refractivity contribution in [3.05, 3.63) is 56.3 Å². The Morgan fingerprint density at radius 2 is 1.90 bits per heavy atom. The maximum Gasteiger partial charge on any atom is 0.329 e. The first kappa shape index (κ1) is 15.6. The Labute approximate surface area is 128 Å². The molecule has 4 nitrogen and oxygen atoms in total. The van der Waals surface area contributed by atoms with E-state index in [1.165, 1.54) is 4.57 Å². The molecule has 0 saturated carbocycles. The highest BCUT2D eigenvalue weighted by Crippen LogP contribution is 2.22. The summed E-state index contributed by atoms with van der Waals surface area (Å²) in [5.41, 5.74) is 0.271. The van der Waals surface area contributed by atoms with Crippen molar-refractivity contribution in [2.45, 2.75) is 39.2 Å². The van der Waals surface area contributed by atoms with Crippen LogP contribution in [0.15, 0.2) is 39.9 Å². The molecular formula is C16H19ClN2O2. The van der Waals surface area contributed by atoms with Gasteiger partial charge in [-0.2, -0.15) is 0 Å². The van der Waals surface area contributed by atoms with Crippen LogP contribution < -0.4 is 11.2 Å². The zero-order valence-corrected chi connectivity index (χ0v) is 13.0. The quantitative estimate of drug-likeness (QED) is 0.858. The molecule has 21 heavy (non-hydrogen) atoms. The zero-order valence-electron chi connectivity index (χ0n) is 12.2. The fourth-order valence-corrected chi connectivity index (χ4v) is 2.68. The lowest BCUT2D eigenvalue weighted by atomic mass is 10.1. The van der Waals surface area contributed by atoms with Crippen molar-refractivity contribution in [3.8, 4) is 11.1 Å². The molecular weight excluding hydrogens is 288 g/mol. The lowest BCUT2D eigenvalue weighted by molar-refractivity contribution is 0.455. The van der Waals surface area contributed by atoms with Crippen LogP contribution in [-0.4, -0.2) is 9.55 Å². The van der Waals surface area contributed by atoms with Crippen LogP contribution in [0.5, 0.6) is 0 Å². The number of benzene rings is 1. The molecule has 2 rings (SSSR count). The smallest absolute Gasteiger partial charge is 0.297 e. The molecule has 0 amide bonds. The first-order valence-corrected chi connectivity index (χ1v) is 7.53. The molecule has 0 saturated heterocycles. The molecule has 112 valence electrons. The summed E-state index contributed by atoms with van der Waals surface area (Å²) in [5.74, 6) is 0. The average Bonchev–Trinajstić information content (AvgIpc) is 2.45. The van der Waals surface area contributed by atoms with E-state index in [0.717, 1.165) is 19.3 Å². The van der Waals surface area contributed by atoms with E-state index in [9.17, 15) is 9.59 Å². The molecule has 0 bridgehead atoms. The second-order valence-electron chi connectivity index (χ2n) is 5.15. The van der Waals surface area contributed by atoms with Gasteiger partial charge in [0.15, 0.2) is 0 Å². The van der Waals surface area contributed by atoms with Gasteiger partial charge >= 0.3 is 5.69 Å². The second-order valence-corrected chi connectivity index (χ2v) is 5.53. The number of hydrogen-bond donors (Lipinski definition) is 1. The summed E-state index contributed by atoms with van der Waals surface area (Å²) in [6.07, 6.45) is 2.78. The predicted octanol–water partition coefficient (Wildman–Crippen LogP) is 3.61. The summed E-state index contributed by atoms with van der Waals surface area (Å²) in [6, 6.07) is 9.00. The molecule has 1 heterocycles. The van der Waals surface area contributed by atoms with Crippen molar-refractivity contribution in [1.82, 2.24) is 9.55 Å². The summed E-state index contributed by atoms with van der Waals surface area (Å²) >= 11 is 6.08. The number of nitrogens with zero attached hydrogens (tertiary/aromatic N) is 1. The van der Waals surface area contributed by atoms with Crippen molar-refractivity contribution < 1.29 is 0 Å². The minimum atomic E-state index is -0.451. The standard InChI is InChI=1S/C16H19ClN2O2/c1-3-4-8-11(2)19-15(20)13(14(17)18-16(19)21)12-9-6-5-7-10-12/h5-7,9-11H,3-4,8H2,1-2H3,(H,18,21). The van der Waals surface area contributed by atoms with Crippen LogP contribution in [0.25, 0.3) is 11.1 Å². The number of unbranched alkanes of at least 4 members (excludes halogenated alkanes) is 1. The van der Waals surface area contributed by atoms with Crippen LogP contribution in [0.1, 0.15) is 39.2 Å². The first-order chi connectivity index (χ1) is 10.1. The van der Waals surface area contributed by atoms with E-state index in [1.54, 1.807) is 0 Å². The molecule has 0 aliphatic heterocycles. The van der Waals surface area contributed by atoms with Crippen LogP contribution in [0.3, 0.4) is 0 Å². The molecule has 1 N–H and O–H groups in total.